The first-order valence-electron chi connectivity index (χ1n) is 11.5. The minimum atomic E-state index is 0.480. The zero-order valence-electron chi connectivity index (χ0n) is 18.3. The monoisotopic (exact) mass is 432 g/mol. The summed E-state index contributed by atoms with van der Waals surface area (Å²) in [7, 11) is 0. The van der Waals surface area contributed by atoms with Crippen molar-refractivity contribution in [1.29, 1.82) is 5.26 Å². The van der Waals surface area contributed by atoms with Crippen LogP contribution >= 0.6 is 0 Å². The molecular formula is C27H24N6. The van der Waals surface area contributed by atoms with Crippen molar-refractivity contribution in [3.63, 3.8) is 0 Å². The SMILES string of the molecule is N#Cc1ccc(-c2cc3n(c2)Cc2cc(N4CC5(CCNC5)C4)ccc2-n2ccnc2-3)cc1. The Morgan fingerprint density at radius 1 is 1.03 bits per heavy atom. The summed E-state index contributed by atoms with van der Waals surface area (Å²) < 4.78 is 4.51. The largest absolute Gasteiger partial charge is 0.370 e. The van der Waals surface area contributed by atoms with Gasteiger partial charge in [-0.15, -0.1) is 0 Å². The van der Waals surface area contributed by atoms with E-state index >= 15 is 0 Å². The van der Waals surface area contributed by atoms with E-state index in [9.17, 15) is 0 Å². The highest BCUT2D eigenvalue weighted by Crippen LogP contribution is 2.41. The molecule has 6 nitrogen and oxygen atoms in total. The second kappa shape index (κ2) is 6.84. The van der Waals surface area contributed by atoms with Gasteiger partial charge in [-0.1, -0.05) is 12.1 Å². The highest BCUT2D eigenvalue weighted by atomic mass is 15.2. The van der Waals surface area contributed by atoms with Gasteiger partial charge in [0.05, 0.1) is 23.0 Å². The molecule has 162 valence electrons. The van der Waals surface area contributed by atoms with Crippen molar-refractivity contribution < 1.29 is 0 Å². The average molecular weight is 433 g/mol. The van der Waals surface area contributed by atoms with Gasteiger partial charge < -0.3 is 14.8 Å². The van der Waals surface area contributed by atoms with E-state index in [1.165, 1.54) is 23.4 Å². The maximum atomic E-state index is 9.11. The Kier molecular flexibility index (Phi) is 3.88. The van der Waals surface area contributed by atoms with Crippen molar-refractivity contribution >= 4 is 5.69 Å². The Labute approximate surface area is 192 Å². The fourth-order valence-electron chi connectivity index (χ4n) is 5.74. The highest BCUT2D eigenvalue weighted by Gasteiger charge is 2.45. The third-order valence-electron chi connectivity index (χ3n) is 7.53. The van der Waals surface area contributed by atoms with E-state index in [1.54, 1.807) is 0 Å². The Bertz CT molecular complexity index is 1400. The van der Waals surface area contributed by atoms with Crippen LogP contribution < -0.4 is 10.2 Å². The molecule has 0 aliphatic carbocycles. The molecule has 0 amide bonds. The van der Waals surface area contributed by atoms with Gasteiger partial charge in [0, 0.05) is 61.4 Å². The fourth-order valence-corrected chi connectivity index (χ4v) is 5.74. The van der Waals surface area contributed by atoms with Crippen LogP contribution in [0.15, 0.2) is 67.1 Å². The minimum Gasteiger partial charge on any atom is -0.370 e. The summed E-state index contributed by atoms with van der Waals surface area (Å²) in [4.78, 5) is 7.23. The second-order valence-electron chi connectivity index (χ2n) is 9.65. The van der Waals surface area contributed by atoms with Gasteiger partial charge in [-0.25, -0.2) is 4.98 Å². The Morgan fingerprint density at radius 2 is 1.91 bits per heavy atom. The molecule has 0 bridgehead atoms. The molecule has 3 aliphatic rings. The van der Waals surface area contributed by atoms with Crippen molar-refractivity contribution in [2.45, 2.75) is 13.0 Å². The van der Waals surface area contributed by atoms with Gasteiger partial charge in [0.2, 0.25) is 0 Å². The van der Waals surface area contributed by atoms with Gasteiger partial charge in [-0.2, -0.15) is 5.26 Å². The van der Waals surface area contributed by atoms with Crippen molar-refractivity contribution in [2.75, 3.05) is 31.1 Å². The van der Waals surface area contributed by atoms with Gasteiger partial charge in [0.25, 0.3) is 0 Å². The molecule has 0 unspecified atom stereocenters. The third kappa shape index (κ3) is 2.86. The number of aromatic nitrogens is 3. The van der Waals surface area contributed by atoms with Crippen LogP contribution in [0.25, 0.3) is 28.3 Å². The zero-order chi connectivity index (χ0) is 22.0. The molecule has 5 heterocycles. The third-order valence-corrected chi connectivity index (χ3v) is 7.53. The number of hydrogen-bond donors (Lipinski definition) is 1. The van der Waals surface area contributed by atoms with E-state index in [1.807, 2.05) is 30.5 Å². The van der Waals surface area contributed by atoms with Crippen LogP contribution in [-0.4, -0.2) is 40.3 Å². The van der Waals surface area contributed by atoms with Crippen molar-refractivity contribution in [3.05, 3.63) is 78.2 Å². The van der Waals surface area contributed by atoms with Crippen molar-refractivity contribution in [3.8, 4) is 34.4 Å². The first-order valence-corrected chi connectivity index (χ1v) is 11.5. The average Bonchev–Trinajstić information content (AvgIpc) is 3.57. The Balaban J connectivity index is 1.27. The molecular weight excluding hydrogens is 408 g/mol. The molecule has 0 radical (unpaired) electrons. The molecule has 2 aromatic carbocycles. The number of anilines is 1. The van der Waals surface area contributed by atoms with E-state index in [-0.39, 0.29) is 0 Å². The van der Waals surface area contributed by atoms with Crippen LogP contribution in [0.3, 0.4) is 0 Å². The number of imidazole rings is 1. The number of fused-ring (bicyclic) bond motifs is 5. The number of hydrogen-bond acceptors (Lipinski definition) is 4. The van der Waals surface area contributed by atoms with E-state index in [2.05, 4.69) is 62.1 Å². The normalized spacial score (nSPS) is 17.6. The van der Waals surface area contributed by atoms with Gasteiger partial charge in [-0.3, -0.25) is 4.57 Å². The Morgan fingerprint density at radius 3 is 2.70 bits per heavy atom. The molecule has 7 rings (SSSR count). The van der Waals surface area contributed by atoms with E-state index < -0.39 is 0 Å². The summed E-state index contributed by atoms with van der Waals surface area (Å²) in [5.41, 5.74) is 8.34. The highest BCUT2D eigenvalue weighted by molar-refractivity contribution is 5.72. The second-order valence-corrected chi connectivity index (χ2v) is 9.65. The summed E-state index contributed by atoms with van der Waals surface area (Å²) in [5, 5.41) is 12.6. The molecule has 2 saturated heterocycles. The van der Waals surface area contributed by atoms with Crippen LogP contribution in [0.1, 0.15) is 17.5 Å². The lowest BCUT2D eigenvalue weighted by Crippen LogP contribution is -2.57. The summed E-state index contributed by atoms with van der Waals surface area (Å²) in [6.45, 7) is 5.40. The fraction of sp³-hybridized carbons (Fsp3) is 0.259. The number of rotatable bonds is 2. The Hall–Kier alpha value is -3.82. The van der Waals surface area contributed by atoms with Crippen LogP contribution in [-0.2, 0) is 6.54 Å². The molecule has 1 N–H and O–H groups in total. The molecule has 0 atom stereocenters. The maximum absolute atomic E-state index is 9.11. The molecule has 4 aromatic rings. The lowest BCUT2D eigenvalue weighted by Gasteiger charge is -2.49. The first kappa shape index (κ1) is 18.7. The lowest BCUT2D eigenvalue weighted by molar-refractivity contribution is 0.243. The molecule has 2 aromatic heterocycles. The summed E-state index contributed by atoms with van der Waals surface area (Å²) in [5.74, 6) is 0.960. The zero-order valence-corrected chi connectivity index (χ0v) is 18.3. The summed E-state index contributed by atoms with van der Waals surface area (Å²) >= 11 is 0. The van der Waals surface area contributed by atoms with Gasteiger partial charge in [-0.05, 0) is 60.5 Å². The van der Waals surface area contributed by atoms with Crippen molar-refractivity contribution in [1.82, 2.24) is 19.4 Å². The summed E-state index contributed by atoms with van der Waals surface area (Å²) in [6.07, 6.45) is 7.43. The van der Waals surface area contributed by atoms with Crippen LogP contribution in [0.2, 0.25) is 0 Å². The predicted molar refractivity (Wildman–Crippen MR) is 128 cm³/mol. The predicted octanol–water partition coefficient (Wildman–Crippen LogP) is 4.04. The molecule has 0 saturated carbocycles. The van der Waals surface area contributed by atoms with Gasteiger partial charge >= 0.3 is 0 Å². The van der Waals surface area contributed by atoms with E-state index in [0.29, 0.717) is 11.0 Å². The van der Waals surface area contributed by atoms with Crippen LogP contribution in [0, 0.1) is 16.7 Å². The lowest BCUT2D eigenvalue weighted by atomic mass is 9.79. The van der Waals surface area contributed by atoms with Crippen LogP contribution in [0.5, 0.6) is 0 Å². The van der Waals surface area contributed by atoms with Crippen molar-refractivity contribution in [2.24, 2.45) is 5.41 Å². The van der Waals surface area contributed by atoms with Crippen LogP contribution in [0.4, 0.5) is 5.69 Å². The van der Waals surface area contributed by atoms with E-state index in [4.69, 9.17) is 10.2 Å². The molecule has 2 fully saturated rings. The number of nitrogens with zero attached hydrogens (tertiary/aromatic N) is 5. The number of nitriles is 1. The van der Waals surface area contributed by atoms with Gasteiger partial charge in [0.1, 0.15) is 0 Å². The topological polar surface area (TPSA) is 61.8 Å². The standard InChI is InChI=1S/C27H24N6/c28-13-19-1-3-20(4-2-19)21-12-25-26-30-9-10-33(26)24-6-5-23(11-22(24)15-31(25)14-21)32-17-27(18-32)7-8-29-16-27/h1-6,9-12,14,29H,7-8,15-18H2. The van der Waals surface area contributed by atoms with E-state index in [0.717, 1.165) is 55.4 Å². The molecule has 1 spiro atoms. The molecule has 33 heavy (non-hydrogen) atoms. The number of benzene rings is 2. The maximum Gasteiger partial charge on any atom is 0.161 e. The first-order chi connectivity index (χ1) is 16.2. The molecule has 3 aliphatic heterocycles. The quantitative estimate of drug-likeness (QED) is 0.457. The summed E-state index contributed by atoms with van der Waals surface area (Å²) in [6, 6.07) is 19.1. The number of nitrogens with one attached hydrogen (secondary N) is 1. The smallest absolute Gasteiger partial charge is 0.161 e. The minimum absolute atomic E-state index is 0.480. The molecule has 6 heteroatoms. The van der Waals surface area contributed by atoms with Gasteiger partial charge in [0.15, 0.2) is 5.82 Å².